The zero-order valence-corrected chi connectivity index (χ0v) is 13.1. The molecule has 25 heavy (non-hydrogen) atoms. The van der Waals surface area contributed by atoms with Crippen molar-refractivity contribution in [1.82, 2.24) is 10.3 Å². The molecule has 0 unspecified atom stereocenters. The number of amides is 1. The lowest BCUT2D eigenvalue weighted by Gasteiger charge is -2.08. The number of nitrogens with zero attached hydrogens (tertiary/aromatic N) is 2. The molecule has 0 spiro atoms. The van der Waals surface area contributed by atoms with E-state index in [1.807, 2.05) is 10.3 Å². The van der Waals surface area contributed by atoms with Crippen LogP contribution in [0, 0.1) is 20.2 Å². The monoisotopic (exact) mass is 366 g/mol. The van der Waals surface area contributed by atoms with Gasteiger partial charge in [-0.2, -0.15) is 0 Å². The first-order chi connectivity index (χ1) is 11.7. The highest BCUT2D eigenvalue weighted by Crippen LogP contribution is 2.15. The number of sulfonamides is 1. The van der Waals surface area contributed by atoms with E-state index in [-0.39, 0.29) is 21.8 Å². The summed E-state index contributed by atoms with van der Waals surface area (Å²) in [7, 11) is -4.14. The number of rotatable bonds is 6. The summed E-state index contributed by atoms with van der Waals surface area (Å²) in [6.07, 6.45) is 0. The summed E-state index contributed by atoms with van der Waals surface area (Å²) < 4.78 is 24.0. The fourth-order valence-electron chi connectivity index (χ4n) is 1.73. The maximum Gasteiger partial charge on any atom is 0.269 e. The van der Waals surface area contributed by atoms with Crippen molar-refractivity contribution < 1.29 is 23.1 Å². The number of hydrogen-bond donors (Lipinski definition) is 2. The number of nitrogens with one attached hydrogen (secondary N) is 2. The Bertz CT molecular complexity index is 924. The van der Waals surface area contributed by atoms with E-state index in [2.05, 4.69) is 0 Å². The van der Waals surface area contributed by atoms with Gasteiger partial charge in [0.25, 0.3) is 27.3 Å². The van der Waals surface area contributed by atoms with Crippen LogP contribution in [0.25, 0.3) is 0 Å². The quantitative estimate of drug-likeness (QED) is 0.572. The van der Waals surface area contributed by atoms with E-state index in [1.54, 1.807) is 0 Å². The number of carbonyl (C=O) groups excluding carboxylic acids is 1. The van der Waals surface area contributed by atoms with Crippen LogP contribution in [0.2, 0.25) is 0 Å². The number of carbonyl (C=O) groups is 1. The Kier molecular flexibility index (Phi) is 5.05. The molecule has 130 valence electrons. The highest BCUT2D eigenvalue weighted by molar-refractivity contribution is 7.89. The number of benzene rings is 2. The van der Waals surface area contributed by atoms with E-state index in [0.29, 0.717) is 0 Å². The third-order valence-electron chi connectivity index (χ3n) is 3.00. The second-order valence-corrected chi connectivity index (χ2v) is 6.30. The van der Waals surface area contributed by atoms with Crippen molar-refractivity contribution in [3.05, 3.63) is 74.3 Å². The molecule has 0 heterocycles. The van der Waals surface area contributed by atoms with Crippen molar-refractivity contribution in [1.29, 1.82) is 0 Å². The lowest BCUT2D eigenvalue weighted by atomic mass is 10.2. The fourth-order valence-corrected chi connectivity index (χ4v) is 2.57. The van der Waals surface area contributed by atoms with Gasteiger partial charge in [-0.15, -0.1) is 4.83 Å². The van der Waals surface area contributed by atoms with Crippen LogP contribution in [0.1, 0.15) is 10.4 Å². The number of hydrazine groups is 1. The molecule has 0 saturated carbocycles. The van der Waals surface area contributed by atoms with E-state index in [4.69, 9.17) is 0 Å². The SMILES string of the molecule is O=C(NNS(=O)(=O)c1ccc([N+](=O)[O-])cc1)c1ccc([N+](=O)[O-])cc1. The van der Waals surface area contributed by atoms with Gasteiger partial charge < -0.3 is 0 Å². The zero-order chi connectivity index (χ0) is 18.6. The van der Waals surface area contributed by atoms with Crippen LogP contribution in [-0.4, -0.2) is 24.2 Å². The lowest BCUT2D eigenvalue weighted by Crippen LogP contribution is -2.41. The molecule has 0 aromatic heterocycles. The average Bonchev–Trinajstić information content (AvgIpc) is 2.60. The first-order valence-electron chi connectivity index (χ1n) is 6.52. The lowest BCUT2D eigenvalue weighted by molar-refractivity contribution is -0.385. The van der Waals surface area contributed by atoms with Gasteiger partial charge in [0, 0.05) is 29.8 Å². The zero-order valence-electron chi connectivity index (χ0n) is 12.3. The Balaban J connectivity index is 2.06. The van der Waals surface area contributed by atoms with Gasteiger partial charge in [0.2, 0.25) is 0 Å². The highest BCUT2D eigenvalue weighted by atomic mass is 32.2. The molecule has 11 nitrogen and oxygen atoms in total. The van der Waals surface area contributed by atoms with Gasteiger partial charge in [-0.1, -0.05) is 0 Å². The number of nitro groups is 2. The summed E-state index contributed by atoms with van der Waals surface area (Å²) in [5.74, 6) is -0.833. The van der Waals surface area contributed by atoms with Crippen molar-refractivity contribution in [2.75, 3.05) is 0 Å². The predicted molar refractivity (Wildman–Crippen MR) is 84.0 cm³/mol. The Labute approximate surface area is 140 Å². The summed E-state index contributed by atoms with van der Waals surface area (Å²) in [5.41, 5.74) is 1.44. The number of hydrogen-bond acceptors (Lipinski definition) is 7. The van der Waals surface area contributed by atoms with Gasteiger partial charge in [-0.05, 0) is 24.3 Å². The summed E-state index contributed by atoms with van der Waals surface area (Å²) in [6.45, 7) is 0. The normalized spacial score (nSPS) is 10.9. The molecule has 1 amide bonds. The molecule has 0 bridgehead atoms. The third kappa shape index (κ3) is 4.33. The molecule has 0 fully saturated rings. The third-order valence-corrected chi connectivity index (χ3v) is 4.26. The predicted octanol–water partition coefficient (Wildman–Crippen LogP) is 1.13. The van der Waals surface area contributed by atoms with Gasteiger partial charge in [0.1, 0.15) is 0 Å². The van der Waals surface area contributed by atoms with Gasteiger partial charge >= 0.3 is 0 Å². The van der Waals surface area contributed by atoms with Crippen LogP contribution in [0.15, 0.2) is 53.4 Å². The molecule has 2 rings (SSSR count). The van der Waals surface area contributed by atoms with Crippen LogP contribution >= 0.6 is 0 Å². The topological polar surface area (TPSA) is 162 Å². The van der Waals surface area contributed by atoms with Crippen molar-refractivity contribution >= 4 is 27.3 Å². The first-order valence-corrected chi connectivity index (χ1v) is 8.00. The summed E-state index contributed by atoms with van der Waals surface area (Å²) in [6, 6.07) is 8.55. The van der Waals surface area contributed by atoms with E-state index in [0.717, 1.165) is 48.5 Å². The molecule has 0 aliphatic rings. The Hall–Kier alpha value is -3.38. The second-order valence-electron chi connectivity index (χ2n) is 4.61. The summed E-state index contributed by atoms with van der Waals surface area (Å²) in [4.78, 5) is 33.1. The Morgan fingerprint density at radius 2 is 1.28 bits per heavy atom. The van der Waals surface area contributed by atoms with E-state index in [1.165, 1.54) is 0 Å². The fraction of sp³-hybridized carbons (Fsp3) is 0. The van der Waals surface area contributed by atoms with E-state index in [9.17, 15) is 33.4 Å². The van der Waals surface area contributed by atoms with Gasteiger partial charge in [-0.3, -0.25) is 30.4 Å². The van der Waals surface area contributed by atoms with Crippen LogP contribution in [0.4, 0.5) is 11.4 Å². The molecule has 12 heteroatoms. The Morgan fingerprint density at radius 1 is 0.840 bits per heavy atom. The second kappa shape index (κ2) is 7.02. The molecule has 0 atom stereocenters. The van der Waals surface area contributed by atoms with Crippen LogP contribution < -0.4 is 10.3 Å². The van der Waals surface area contributed by atoms with Crippen LogP contribution in [-0.2, 0) is 10.0 Å². The number of non-ortho nitro benzene ring substituents is 2. The maximum absolute atomic E-state index is 12.0. The molecule has 2 N–H and O–H groups in total. The van der Waals surface area contributed by atoms with Crippen molar-refractivity contribution in [3.63, 3.8) is 0 Å². The molecule has 0 radical (unpaired) electrons. The molecule has 0 saturated heterocycles. The van der Waals surface area contributed by atoms with Crippen LogP contribution in [0.3, 0.4) is 0 Å². The Morgan fingerprint density at radius 3 is 1.72 bits per heavy atom. The highest BCUT2D eigenvalue weighted by Gasteiger charge is 2.17. The summed E-state index contributed by atoms with van der Waals surface area (Å²) in [5, 5.41) is 21.1. The molecule has 2 aromatic carbocycles. The van der Waals surface area contributed by atoms with Gasteiger partial charge in [0.15, 0.2) is 0 Å². The standard InChI is InChI=1S/C13H10N4O7S/c18-13(9-1-3-10(4-2-9)16(19)20)14-15-25(23,24)12-7-5-11(6-8-12)17(21)22/h1-8,15H,(H,14,18). The molecule has 0 aliphatic carbocycles. The van der Waals surface area contributed by atoms with E-state index < -0.39 is 25.8 Å². The maximum atomic E-state index is 12.0. The first kappa shape index (κ1) is 18.0. The largest absolute Gasteiger partial charge is 0.273 e. The van der Waals surface area contributed by atoms with Gasteiger partial charge in [-0.25, -0.2) is 8.42 Å². The van der Waals surface area contributed by atoms with Crippen molar-refractivity contribution in [3.8, 4) is 0 Å². The molecular weight excluding hydrogens is 356 g/mol. The minimum atomic E-state index is -4.14. The molecule has 0 aliphatic heterocycles. The average molecular weight is 366 g/mol. The van der Waals surface area contributed by atoms with E-state index >= 15 is 0 Å². The minimum absolute atomic E-state index is 0.00278. The van der Waals surface area contributed by atoms with Crippen molar-refractivity contribution in [2.24, 2.45) is 0 Å². The molecule has 2 aromatic rings. The minimum Gasteiger partial charge on any atom is -0.273 e. The summed E-state index contributed by atoms with van der Waals surface area (Å²) >= 11 is 0. The smallest absolute Gasteiger partial charge is 0.269 e. The van der Waals surface area contributed by atoms with Crippen LogP contribution in [0.5, 0.6) is 0 Å². The van der Waals surface area contributed by atoms with Crippen molar-refractivity contribution in [2.45, 2.75) is 4.90 Å². The van der Waals surface area contributed by atoms with Gasteiger partial charge in [0.05, 0.1) is 14.7 Å². The molecular formula is C13H10N4O7S. The number of nitro benzene ring substituents is 2.